The molecule has 0 aromatic heterocycles. The first-order valence-electron chi connectivity index (χ1n) is 8.89. The molecule has 1 fully saturated rings. The van der Waals surface area contributed by atoms with Crippen molar-refractivity contribution in [2.24, 2.45) is 0 Å². The number of aliphatic hydroxyl groups is 1. The molecule has 4 N–H and O–H groups in total. The molecule has 1 aromatic carbocycles. The summed E-state index contributed by atoms with van der Waals surface area (Å²) in [5, 5.41) is 21.3. The summed E-state index contributed by atoms with van der Waals surface area (Å²) in [6.07, 6.45) is -0.166. The number of ether oxygens (including phenoxy) is 1. The van der Waals surface area contributed by atoms with Crippen molar-refractivity contribution in [3.8, 4) is 17.6 Å². The van der Waals surface area contributed by atoms with Crippen LogP contribution in [0, 0.1) is 11.8 Å². The molecule has 10 heteroatoms. The Kier molecular flexibility index (Phi) is 7.79. The van der Waals surface area contributed by atoms with Crippen LogP contribution in [-0.4, -0.2) is 66.8 Å². The first kappa shape index (κ1) is 22.1. The summed E-state index contributed by atoms with van der Waals surface area (Å²) in [5.74, 6) is 4.94. The second-order valence-electron chi connectivity index (χ2n) is 6.28. The third-order valence-electron chi connectivity index (χ3n) is 4.36. The zero-order valence-corrected chi connectivity index (χ0v) is 16.6. The van der Waals surface area contributed by atoms with E-state index in [1.165, 1.54) is 29.7 Å². The van der Waals surface area contributed by atoms with E-state index >= 15 is 0 Å². The Morgan fingerprint density at radius 1 is 1.43 bits per heavy atom. The van der Waals surface area contributed by atoms with Crippen LogP contribution in [0.5, 0.6) is 5.75 Å². The average molecular weight is 411 g/mol. The fourth-order valence-corrected chi connectivity index (χ4v) is 4.48. The van der Waals surface area contributed by atoms with Crippen LogP contribution in [0.2, 0.25) is 0 Å². The minimum absolute atomic E-state index is 0.0113. The predicted octanol–water partition coefficient (Wildman–Crippen LogP) is -0.304. The second kappa shape index (κ2) is 9.86. The molecule has 1 amide bonds. The molecule has 0 saturated carbocycles. The molecule has 1 aliphatic heterocycles. The summed E-state index contributed by atoms with van der Waals surface area (Å²) < 4.78 is 32.5. The molecule has 0 spiro atoms. The van der Waals surface area contributed by atoms with Gasteiger partial charge in [-0.05, 0) is 37.6 Å². The highest BCUT2D eigenvalue weighted by Gasteiger charge is 2.41. The number of aliphatic hydroxyl groups excluding tert-OH is 1. The van der Waals surface area contributed by atoms with Crippen LogP contribution >= 0.6 is 0 Å². The third-order valence-corrected chi connectivity index (χ3v) is 6.25. The van der Waals surface area contributed by atoms with Gasteiger partial charge in [-0.3, -0.25) is 10.0 Å². The van der Waals surface area contributed by atoms with Crippen LogP contribution in [0.3, 0.4) is 0 Å². The van der Waals surface area contributed by atoms with Gasteiger partial charge in [0.2, 0.25) is 10.0 Å². The number of nitrogens with zero attached hydrogens (tertiary/aromatic N) is 1. The molecule has 154 valence electrons. The number of hydrogen-bond donors (Lipinski definition) is 4. The predicted molar refractivity (Wildman–Crippen MR) is 101 cm³/mol. The number of rotatable bonds is 6. The molecule has 28 heavy (non-hydrogen) atoms. The van der Waals surface area contributed by atoms with Crippen molar-refractivity contribution in [2.75, 3.05) is 19.7 Å². The van der Waals surface area contributed by atoms with Crippen molar-refractivity contribution in [3.05, 3.63) is 24.3 Å². The normalized spacial score (nSPS) is 21.3. The van der Waals surface area contributed by atoms with E-state index in [2.05, 4.69) is 17.2 Å². The van der Waals surface area contributed by atoms with Gasteiger partial charge >= 0.3 is 0 Å². The molecule has 1 aliphatic rings. The molecule has 0 aliphatic carbocycles. The average Bonchev–Trinajstić information content (AvgIpc) is 2.70. The molecule has 1 heterocycles. The number of carbonyl (C=O) groups excluding carboxylic acids is 1. The van der Waals surface area contributed by atoms with Crippen molar-refractivity contribution in [2.45, 2.75) is 43.4 Å². The van der Waals surface area contributed by atoms with Crippen molar-refractivity contribution in [3.63, 3.8) is 0 Å². The van der Waals surface area contributed by atoms with E-state index in [9.17, 15) is 18.3 Å². The number of sulfonamides is 1. The lowest BCUT2D eigenvalue weighted by Crippen LogP contribution is -2.63. The number of carbonyl (C=O) groups is 1. The van der Waals surface area contributed by atoms with Crippen LogP contribution < -0.4 is 15.5 Å². The quantitative estimate of drug-likeness (QED) is 0.287. The highest BCUT2D eigenvalue weighted by atomic mass is 32.2. The van der Waals surface area contributed by atoms with Crippen LogP contribution in [0.15, 0.2) is 29.2 Å². The number of piperazine rings is 1. The number of benzene rings is 1. The summed E-state index contributed by atoms with van der Waals surface area (Å²) in [4.78, 5) is 12.0. The summed E-state index contributed by atoms with van der Waals surface area (Å²) in [5.41, 5.74) is 1.53. The van der Waals surface area contributed by atoms with Gasteiger partial charge in [0.25, 0.3) is 5.91 Å². The fourth-order valence-electron chi connectivity index (χ4n) is 2.82. The minimum Gasteiger partial charge on any atom is -0.481 e. The van der Waals surface area contributed by atoms with Crippen LogP contribution in [0.4, 0.5) is 0 Å². The first-order chi connectivity index (χ1) is 13.3. The maximum Gasteiger partial charge on any atom is 0.263 e. The van der Waals surface area contributed by atoms with Crippen LogP contribution in [0.1, 0.15) is 20.3 Å². The van der Waals surface area contributed by atoms with E-state index in [0.717, 1.165) is 4.31 Å². The molecule has 1 aromatic rings. The smallest absolute Gasteiger partial charge is 0.263 e. The molecular formula is C18H25N3O6S. The van der Waals surface area contributed by atoms with E-state index < -0.39 is 34.1 Å². The monoisotopic (exact) mass is 411 g/mol. The topological polar surface area (TPSA) is 128 Å². The van der Waals surface area contributed by atoms with E-state index in [4.69, 9.17) is 9.94 Å². The third kappa shape index (κ3) is 5.21. The first-order valence-corrected chi connectivity index (χ1v) is 10.3. The van der Waals surface area contributed by atoms with Gasteiger partial charge in [-0.25, -0.2) is 13.9 Å². The summed E-state index contributed by atoms with van der Waals surface area (Å²) in [7, 11) is -3.95. The molecule has 0 radical (unpaired) electrons. The van der Waals surface area contributed by atoms with Gasteiger partial charge in [-0.1, -0.05) is 18.8 Å². The Morgan fingerprint density at radius 2 is 2.11 bits per heavy atom. The van der Waals surface area contributed by atoms with E-state index in [-0.39, 0.29) is 18.0 Å². The molecule has 2 rings (SSSR count). The number of hydrogen-bond acceptors (Lipinski definition) is 7. The van der Waals surface area contributed by atoms with Crippen molar-refractivity contribution in [1.29, 1.82) is 0 Å². The zero-order chi connectivity index (χ0) is 20.7. The van der Waals surface area contributed by atoms with Gasteiger partial charge in [0.15, 0.2) is 0 Å². The number of hydroxylamine groups is 1. The largest absolute Gasteiger partial charge is 0.481 e. The number of nitrogens with one attached hydrogen (secondary N) is 2. The Labute approximate surface area is 164 Å². The highest BCUT2D eigenvalue weighted by Crippen LogP contribution is 2.24. The fraction of sp³-hybridized carbons (Fsp3) is 0.500. The van der Waals surface area contributed by atoms with Crippen LogP contribution in [-0.2, 0) is 14.8 Å². The van der Waals surface area contributed by atoms with E-state index in [0.29, 0.717) is 18.7 Å². The van der Waals surface area contributed by atoms with Gasteiger partial charge in [-0.2, -0.15) is 4.31 Å². The molecule has 0 bridgehead atoms. The Hall–Kier alpha value is -2.16. The van der Waals surface area contributed by atoms with Crippen molar-refractivity contribution >= 4 is 15.9 Å². The summed E-state index contributed by atoms with van der Waals surface area (Å²) in [6.45, 7) is 4.04. The summed E-state index contributed by atoms with van der Waals surface area (Å²) >= 11 is 0. The van der Waals surface area contributed by atoms with Gasteiger partial charge in [0.05, 0.1) is 4.90 Å². The number of amides is 1. The maximum absolute atomic E-state index is 13.0. The lowest BCUT2D eigenvalue weighted by Gasteiger charge is -2.37. The molecule has 3 unspecified atom stereocenters. The highest BCUT2D eigenvalue weighted by molar-refractivity contribution is 7.89. The van der Waals surface area contributed by atoms with Gasteiger partial charge in [-0.15, -0.1) is 0 Å². The molecule has 9 nitrogen and oxygen atoms in total. The standard InChI is InChI=1S/C18H25N3O6S/c1-3-14(22)5-4-12-27-15-6-8-16(9-7-15)28(25,26)21-11-10-19-13(2)17(21)18(23)20-24/h6-9,13-14,17,19,22,24H,3,10-12H2,1-2H3,(H,20,23). The van der Waals surface area contributed by atoms with Crippen molar-refractivity contribution < 1.29 is 28.3 Å². The van der Waals surface area contributed by atoms with Gasteiger partial charge < -0.3 is 15.2 Å². The SMILES string of the molecule is CCC(O)C#CCOc1ccc(S(=O)(=O)N2CCNC(C)C2C(=O)NO)cc1. The summed E-state index contributed by atoms with van der Waals surface area (Å²) in [6, 6.07) is 4.24. The molecule has 3 atom stereocenters. The minimum atomic E-state index is -3.95. The molecular weight excluding hydrogens is 386 g/mol. The lowest BCUT2D eigenvalue weighted by molar-refractivity contribution is -0.134. The zero-order valence-electron chi connectivity index (χ0n) is 15.8. The van der Waals surface area contributed by atoms with E-state index in [1.807, 2.05) is 6.92 Å². The lowest BCUT2D eigenvalue weighted by atomic mass is 10.1. The molecule has 1 saturated heterocycles. The van der Waals surface area contributed by atoms with Gasteiger partial charge in [0.1, 0.15) is 24.5 Å². The van der Waals surface area contributed by atoms with Gasteiger partial charge in [0, 0.05) is 19.1 Å². The van der Waals surface area contributed by atoms with Crippen LogP contribution in [0.25, 0.3) is 0 Å². The maximum atomic E-state index is 13.0. The van der Waals surface area contributed by atoms with Crippen molar-refractivity contribution in [1.82, 2.24) is 15.1 Å². The Morgan fingerprint density at radius 3 is 2.71 bits per heavy atom. The Bertz CT molecular complexity index is 831. The Balaban J connectivity index is 2.14. The van der Waals surface area contributed by atoms with E-state index in [1.54, 1.807) is 6.92 Å². The second-order valence-corrected chi connectivity index (χ2v) is 8.18.